The molecule has 1 amide bonds. The lowest BCUT2D eigenvalue weighted by Crippen LogP contribution is -2.13. The fourth-order valence-corrected chi connectivity index (χ4v) is 1.89. The summed E-state index contributed by atoms with van der Waals surface area (Å²) in [7, 11) is 0. The van der Waals surface area contributed by atoms with Crippen molar-refractivity contribution in [3.05, 3.63) is 52.0 Å². The summed E-state index contributed by atoms with van der Waals surface area (Å²) < 4.78 is 0. The lowest BCUT2D eigenvalue weighted by molar-refractivity contribution is 0.100. The third-order valence-electron chi connectivity index (χ3n) is 2.53. The van der Waals surface area contributed by atoms with Crippen molar-refractivity contribution < 1.29 is 4.79 Å². The topological polar surface area (TPSA) is 81.1 Å². The number of carbonyl (C=O) groups is 1. The molecule has 98 valence electrons. The first-order chi connectivity index (χ1) is 8.97. The number of anilines is 3. The number of primary amides is 1. The van der Waals surface area contributed by atoms with Gasteiger partial charge < -0.3 is 16.8 Å². The van der Waals surface area contributed by atoms with Crippen LogP contribution in [0.15, 0.2) is 36.4 Å². The van der Waals surface area contributed by atoms with E-state index >= 15 is 0 Å². The van der Waals surface area contributed by atoms with Gasteiger partial charge in [-0.05, 0) is 36.4 Å². The van der Waals surface area contributed by atoms with Crippen molar-refractivity contribution in [2.45, 2.75) is 0 Å². The van der Waals surface area contributed by atoms with E-state index in [1.165, 1.54) is 0 Å². The van der Waals surface area contributed by atoms with Crippen LogP contribution >= 0.6 is 23.2 Å². The lowest BCUT2D eigenvalue weighted by Gasteiger charge is -2.09. The molecule has 0 saturated heterocycles. The first-order valence-electron chi connectivity index (χ1n) is 5.39. The third-order valence-corrected chi connectivity index (χ3v) is 3.27. The van der Waals surface area contributed by atoms with Crippen molar-refractivity contribution in [2.75, 3.05) is 11.1 Å². The van der Waals surface area contributed by atoms with E-state index < -0.39 is 5.91 Å². The molecule has 6 heteroatoms. The number of amides is 1. The molecule has 0 saturated carbocycles. The normalized spacial score (nSPS) is 10.2. The van der Waals surface area contributed by atoms with Gasteiger partial charge in [-0.3, -0.25) is 4.79 Å². The highest BCUT2D eigenvalue weighted by molar-refractivity contribution is 6.42. The minimum absolute atomic E-state index is 0.269. The Bertz CT molecular complexity index is 644. The molecule has 0 fully saturated rings. The summed E-state index contributed by atoms with van der Waals surface area (Å²) in [5.41, 5.74) is 12.9. The number of rotatable bonds is 3. The summed E-state index contributed by atoms with van der Waals surface area (Å²) in [6, 6.07) is 10.1. The second kappa shape index (κ2) is 5.38. The molecule has 19 heavy (non-hydrogen) atoms. The van der Waals surface area contributed by atoms with Crippen LogP contribution in [0.2, 0.25) is 10.0 Å². The largest absolute Gasteiger partial charge is 0.398 e. The van der Waals surface area contributed by atoms with E-state index in [1.54, 1.807) is 36.4 Å². The Labute approximate surface area is 120 Å². The van der Waals surface area contributed by atoms with Gasteiger partial charge in [0.2, 0.25) is 0 Å². The Morgan fingerprint density at radius 3 is 2.26 bits per heavy atom. The van der Waals surface area contributed by atoms with Gasteiger partial charge in [0.1, 0.15) is 0 Å². The number of hydrogen-bond donors (Lipinski definition) is 3. The molecular formula is C13H11Cl2N3O. The Hall–Kier alpha value is -1.91. The minimum Gasteiger partial charge on any atom is -0.398 e. The SMILES string of the molecule is NC(=O)c1cc(Nc2ccc(Cl)c(Cl)c2)ccc1N. The molecular weight excluding hydrogens is 285 g/mol. The van der Waals surface area contributed by atoms with Crippen LogP contribution in [0.5, 0.6) is 0 Å². The molecule has 4 nitrogen and oxygen atoms in total. The van der Waals surface area contributed by atoms with E-state index in [2.05, 4.69) is 5.32 Å². The van der Waals surface area contributed by atoms with Crippen molar-refractivity contribution in [3.8, 4) is 0 Å². The number of hydrogen-bond acceptors (Lipinski definition) is 3. The number of nitrogens with two attached hydrogens (primary N) is 2. The van der Waals surface area contributed by atoms with Crippen molar-refractivity contribution >= 4 is 46.2 Å². The number of halogens is 2. The second-order valence-electron chi connectivity index (χ2n) is 3.92. The van der Waals surface area contributed by atoms with Crippen molar-refractivity contribution in [2.24, 2.45) is 5.73 Å². The van der Waals surface area contributed by atoms with Gasteiger partial charge >= 0.3 is 0 Å². The Morgan fingerprint density at radius 1 is 1.00 bits per heavy atom. The molecule has 0 aromatic heterocycles. The van der Waals surface area contributed by atoms with Crippen LogP contribution in [-0.2, 0) is 0 Å². The van der Waals surface area contributed by atoms with Gasteiger partial charge in [0, 0.05) is 17.1 Å². The van der Waals surface area contributed by atoms with Crippen molar-refractivity contribution in [1.82, 2.24) is 0 Å². The van der Waals surface area contributed by atoms with E-state index in [9.17, 15) is 4.79 Å². The lowest BCUT2D eigenvalue weighted by atomic mass is 10.1. The fraction of sp³-hybridized carbons (Fsp3) is 0. The van der Waals surface area contributed by atoms with Crippen LogP contribution in [-0.4, -0.2) is 5.91 Å². The molecule has 2 rings (SSSR count). The predicted octanol–water partition coefficient (Wildman–Crippen LogP) is 3.42. The highest BCUT2D eigenvalue weighted by Gasteiger charge is 2.07. The quantitative estimate of drug-likeness (QED) is 0.759. The standard InChI is InChI=1S/C13H11Cl2N3O/c14-10-3-1-8(6-11(10)15)18-7-2-4-12(16)9(5-7)13(17)19/h1-6,18H,16H2,(H2,17,19). The number of benzene rings is 2. The van der Waals surface area contributed by atoms with Gasteiger partial charge in [-0.2, -0.15) is 0 Å². The van der Waals surface area contributed by atoms with Crippen molar-refractivity contribution in [1.29, 1.82) is 0 Å². The molecule has 2 aromatic carbocycles. The van der Waals surface area contributed by atoms with E-state index in [0.717, 1.165) is 5.69 Å². The molecule has 0 atom stereocenters. The predicted molar refractivity (Wildman–Crippen MR) is 79.1 cm³/mol. The fourth-order valence-electron chi connectivity index (χ4n) is 1.59. The van der Waals surface area contributed by atoms with Crippen LogP contribution in [0.1, 0.15) is 10.4 Å². The maximum absolute atomic E-state index is 11.2. The van der Waals surface area contributed by atoms with Crippen LogP contribution in [0.25, 0.3) is 0 Å². The molecule has 5 N–H and O–H groups in total. The van der Waals surface area contributed by atoms with Crippen LogP contribution < -0.4 is 16.8 Å². The summed E-state index contributed by atoms with van der Waals surface area (Å²) in [4.78, 5) is 11.2. The molecule has 0 heterocycles. The van der Waals surface area contributed by atoms with Gasteiger partial charge in [0.25, 0.3) is 5.91 Å². The molecule has 0 unspecified atom stereocenters. The Kier molecular flexibility index (Phi) is 3.83. The molecule has 0 aliphatic carbocycles. The zero-order chi connectivity index (χ0) is 14.0. The van der Waals surface area contributed by atoms with Gasteiger partial charge in [-0.1, -0.05) is 23.2 Å². The average molecular weight is 296 g/mol. The summed E-state index contributed by atoms with van der Waals surface area (Å²) >= 11 is 11.8. The highest BCUT2D eigenvalue weighted by atomic mass is 35.5. The van der Waals surface area contributed by atoms with E-state index in [-0.39, 0.29) is 5.56 Å². The summed E-state index contributed by atoms with van der Waals surface area (Å²) in [5, 5.41) is 4.00. The first kappa shape index (κ1) is 13.5. The summed E-state index contributed by atoms with van der Waals surface area (Å²) in [5.74, 6) is -0.574. The third kappa shape index (κ3) is 3.10. The molecule has 0 spiro atoms. The molecule has 0 aliphatic rings. The van der Waals surface area contributed by atoms with Crippen LogP contribution in [0.3, 0.4) is 0 Å². The van der Waals surface area contributed by atoms with Crippen LogP contribution in [0.4, 0.5) is 17.1 Å². The smallest absolute Gasteiger partial charge is 0.250 e. The minimum atomic E-state index is -0.574. The molecule has 0 radical (unpaired) electrons. The Morgan fingerprint density at radius 2 is 1.63 bits per heavy atom. The maximum Gasteiger partial charge on any atom is 0.250 e. The zero-order valence-corrected chi connectivity index (χ0v) is 11.3. The number of nitrogens with one attached hydrogen (secondary N) is 1. The van der Waals surface area contributed by atoms with Gasteiger partial charge in [-0.25, -0.2) is 0 Å². The van der Waals surface area contributed by atoms with Gasteiger partial charge in [0.05, 0.1) is 15.6 Å². The van der Waals surface area contributed by atoms with Crippen LogP contribution in [0, 0.1) is 0 Å². The second-order valence-corrected chi connectivity index (χ2v) is 4.73. The van der Waals surface area contributed by atoms with Gasteiger partial charge in [-0.15, -0.1) is 0 Å². The van der Waals surface area contributed by atoms with E-state index in [0.29, 0.717) is 21.4 Å². The highest BCUT2D eigenvalue weighted by Crippen LogP contribution is 2.27. The van der Waals surface area contributed by atoms with Crippen molar-refractivity contribution in [3.63, 3.8) is 0 Å². The number of nitrogen functional groups attached to an aromatic ring is 1. The first-order valence-corrected chi connectivity index (χ1v) is 6.14. The van der Waals surface area contributed by atoms with E-state index in [4.69, 9.17) is 34.7 Å². The summed E-state index contributed by atoms with van der Waals surface area (Å²) in [6.07, 6.45) is 0. The molecule has 0 aliphatic heterocycles. The molecule has 2 aromatic rings. The Balaban J connectivity index is 2.30. The van der Waals surface area contributed by atoms with Gasteiger partial charge in [0.15, 0.2) is 0 Å². The zero-order valence-electron chi connectivity index (χ0n) is 9.78. The average Bonchev–Trinajstić information content (AvgIpc) is 2.36. The maximum atomic E-state index is 11.2. The van der Waals surface area contributed by atoms with E-state index in [1.807, 2.05) is 0 Å². The monoisotopic (exact) mass is 295 g/mol. The number of carbonyl (C=O) groups excluding carboxylic acids is 1. The summed E-state index contributed by atoms with van der Waals surface area (Å²) in [6.45, 7) is 0. The molecule has 0 bridgehead atoms.